The quantitative estimate of drug-likeness (QED) is 0.414. The average Bonchev–Trinajstić information content (AvgIpc) is 3.07. The second kappa shape index (κ2) is 8.71. The van der Waals surface area contributed by atoms with E-state index in [0.717, 1.165) is 32.1 Å². The number of hydrogen-bond donors (Lipinski definition) is 2. The van der Waals surface area contributed by atoms with Crippen molar-refractivity contribution in [1.82, 2.24) is 24.2 Å². The Hall–Kier alpha value is -2.44. The maximum absolute atomic E-state index is 12.0. The van der Waals surface area contributed by atoms with E-state index in [2.05, 4.69) is 15.1 Å². The number of benzene rings is 1. The van der Waals surface area contributed by atoms with Gasteiger partial charge in [0.25, 0.3) is 11.5 Å². The molecule has 3 rings (SSSR count). The van der Waals surface area contributed by atoms with Gasteiger partial charge in [-0.15, -0.1) is 4.47 Å². The maximum atomic E-state index is 12.0. The van der Waals surface area contributed by atoms with Gasteiger partial charge in [0, 0.05) is 16.1 Å². The van der Waals surface area contributed by atoms with E-state index in [-0.39, 0.29) is 30.5 Å². The molecule has 2 heterocycles. The minimum atomic E-state index is -0.836. The highest BCUT2D eigenvalue weighted by atomic mass is 35.5. The van der Waals surface area contributed by atoms with Gasteiger partial charge in [0.2, 0.25) is 5.89 Å². The van der Waals surface area contributed by atoms with Crippen LogP contribution in [0.15, 0.2) is 44.7 Å². The first kappa shape index (κ1) is 20.3. The van der Waals surface area contributed by atoms with Crippen LogP contribution in [0.4, 0.5) is 0 Å². The van der Waals surface area contributed by atoms with Crippen molar-refractivity contribution in [3.8, 4) is 0 Å². The molecule has 0 radical (unpaired) electrons. The van der Waals surface area contributed by atoms with Crippen LogP contribution in [0.2, 0.25) is 10.2 Å². The Morgan fingerprint density at radius 1 is 1.29 bits per heavy atom. The van der Waals surface area contributed by atoms with E-state index in [1.54, 1.807) is 24.3 Å². The molecule has 0 atom stereocenters. The van der Waals surface area contributed by atoms with Gasteiger partial charge in [0.05, 0.1) is 6.54 Å². The third-order valence-corrected chi connectivity index (χ3v) is 4.62. The molecule has 0 unspecified atom stereocenters. The van der Waals surface area contributed by atoms with Gasteiger partial charge >= 0.3 is 0 Å². The lowest BCUT2D eigenvalue weighted by Crippen LogP contribution is -2.26. The van der Waals surface area contributed by atoms with Crippen molar-refractivity contribution in [3.05, 3.63) is 68.4 Å². The number of hydroxylamine groups is 1. The summed E-state index contributed by atoms with van der Waals surface area (Å²) in [6.45, 7) is -0.195. The van der Waals surface area contributed by atoms with Gasteiger partial charge in [-0.2, -0.15) is 4.98 Å². The monoisotopic (exact) mass is 442 g/mol. The number of halogens is 2. The third kappa shape index (κ3) is 5.09. The van der Waals surface area contributed by atoms with E-state index in [1.165, 1.54) is 0 Å². The van der Waals surface area contributed by atoms with E-state index in [4.69, 9.17) is 33.5 Å². The van der Waals surface area contributed by atoms with E-state index in [9.17, 15) is 14.8 Å². The van der Waals surface area contributed by atoms with Crippen molar-refractivity contribution < 1.29 is 14.5 Å². The van der Waals surface area contributed by atoms with E-state index < -0.39 is 16.6 Å². The molecule has 2 aromatic heterocycles. The zero-order chi connectivity index (χ0) is 20.3. The predicted octanol–water partition coefficient (Wildman–Crippen LogP) is 1.98. The average molecular weight is 443 g/mol. The van der Waals surface area contributed by atoms with Crippen molar-refractivity contribution in [1.29, 1.82) is 0 Å². The Balaban J connectivity index is 1.68. The number of carbonyl (C=O) groups is 1. The summed E-state index contributed by atoms with van der Waals surface area (Å²) in [4.78, 5) is 31.7. The molecule has 0 aliphatic rings. The SMILES string of the molecule is NC(=O)c1cn(Cc2nc(CN(O)Sc3ccc(Cl)cc3)no2)c(=O)c(Cl)n1. The molecular formula is C15H12Cl2N6O4S. The van der Waals surface area contributed by atoms with Crippen LogP contribution in [-0.4, -0.2) is 35.3 Å². The van der Waals surface area contributed by atoms with Crippen molar-refractivity contribution in [2.24, 2.45) is 5.73 Å². The summed E-state index contributed by atoms with van der Waals surface area (Å²) in [7, 11) is 0. The van der Waals surface area contributed by atoms with Gasteiger partial charge in [-0.3, -0.25) is 9.59 Å². The molecule has 146 valence electrons. The molecule has 1 amide bonds. The lowest BCUT2D eigenvalue weighted by molar-refractivity contribution is 0.00616. The van der Waals surface area contributed by atoms with Crippen LogP contribution < -0.4 is 11.3 Å². The van der Waals surface area contributed by atoms with Crippen molar-refractivity contribution >= 4 is 41.1 Å². The molecule has 3 aromatic rings. The van der Waals surface area contributed by atoms with E-state index in [1.807, 2.05) is 0 Å². The van der Waals surface area contributed by atoms with Crippen molar-refractivity contribution in [2.75, 3.05) is 0 Å². The molecule has 28 heavy (non-hydrogen) atoms. The maximum Gasteiger partial charge on any atom is 0.288 e. The Morgan fingerprint density at radius 3 is 2.68 bits per heavy atom. The number of amides is 1. The van der Waals surface area contributed by atoms with Crippen LogP contribution in [0.25, 0.3) is 0 Å². The smallest absolute Gasteiger partial charge is 0.288 e. The van der Waals surface area contributed by atoms with Crippen LogP contribution in [0.3, 0.4) is 0 Å². The minimum absolute atomic E-state index is 0.0463. The van der Waals surface area contributed by atoms with Gasteiger partial charge < -0.3 is 20.0 Å². The highest BCUT2D eigenvalue weighted by molar-refractivity contribution is 7.96. The number of primary amides is 1. The highest BCUT2D eigenvalue weighted by Gasteiger charge is 2.15. The number of carbonyl (C=O) groups excluding carboxylic acids is 1. The number of hydrogen-bond acceptors (Lipinski definition) is 9. The molecule has 0 saturated heterocycles. The fourth-order valence-electron chi connectivity index (χ4n) is 2.08. The van der Waals surface area contributed by atoms with E-state index >= 15 is 0 Å². The fraction of sp³-hybridized carbons (Fsp3) is 0.133. The molecule has 0 aliphatic heterocycles. The molecular weight excluding hydrogens is 431 g/mol. The van der Waals surface area contributed by atoms with Gasteiger partial charge in [0.15, 0.2) is 11.0 Å². The Kier molecular flexibility index (Phi) is 6.31. The summed E-state index contributed by atoms with van der Waals surface area (Å²) >= 11 is 12.6. The predicted molar refractivity (Wildman–Crippen MR) is 100 cm³/mol. The Morgan fingerprint density at radius 2 is 2.00 bits per heavy atom. The largest absolute Gasteiger partial charge is 0.364 e. The Bertz CT molecular complexity index is 1060. The first-order valence-electron chi connectivity index (χ1n) is 7.60. The summed E-state index contributed by atoms with van der Waals surface area (Å²) in [5.74, 6) is -0.584. The lowest BCUT2D eigenvalue weighted by atomic mass is 10.4. The van der Waals surface area contributed by atoms with Crippen LogP contribution in [0.1, 0.15) is 22.2 Å². The van der Waals surface area contributed by atoms with Crippen LogP contribution >= 0.6 is 35.1 Å². The van der Waals surface area contributed by atoms with Crippen molar-refractivity contribution in [3.63, 3.8) is 0 Å². The molecule has 0 fully saturated rings. The second-order valence-corrected chi connectivity index (χ2v) is 7.24. The summed E-state index contributed by atoms with van der Waals surface area (Å²) < 4.78 is 7.06. The summed E-state index contributed by atoms with van der Waals surface area (Å²) in [6.07, 6.45) is 1.15. The van der Waals surface area contributed by atoms with Crippen molar-refractivity contribution in [2.45, 2.75) is 18.0 Å². The van der Waals surface area contributed by atoms with Gasteiger partial charge in [-0.05, 0) is 36.2 Å². The lowest BCUT2D eigenvalue weighted by Gasteiger charge is -2.10. The van der Waals surface area contributed by atoms with Gasteiger partial charge in [-0.1, -0.05) is 28.4 Å². The summed E-state index contributed by atoms with van der Waals surface area (Å²) in [6, 6.07) is 6.88. The van der Waals surface area contributed by atoms with Crippen LogP contribution in [-0.2, 0) is 13.1 Å². The van der Waals surface area contributed by atoms with Gasteiger partial charge in [-0.25, -0.2) is 4.98 Å². The third-order valence-electron chi connectivity index (χ3n) is 3.30. The number of nitrogens with two attached hydrogens (primary N) is 1. The topological polar surface area (TPSA) is 140 Å². The molecule has 1 aromatic carbocycles. The standard InChI is InChI=1S/C15H12Cl2N6O4S/c16-8-1-3-9(4-2-8)28-23(26)6-11-20-12(27-21-11)7-22-5-10(14(18)24)19-13(17)15(22)25/h1-5,26H,6-7H2,(H2,18,24). The molecule has 0 bridgehead atoms. The molecule has 10 nitrogen and oxygen atoms in total. The first-order chi connectivity index (χ1) is 13.3. The normalized spacial score (nSPS) is 11.1. The first-order valence-corrected chi connectivity index (χ1v) is 9.13. The van der Waals surface area contributed by atoms with Crippen LogP contribution in [0.5, 0.6) is 0 Å². The molecule has 0 spiro atoms. The molecule has 3 N–H and O–H groups in total. The minimum Gasteiger partial charge on any atom is -0.364 e. The summed E-state index contributed by atoms with van der Waals surface area (Å²) in [5.41, 5.74) is 4.34. The highest BCUT2D eigenvalue weighted by Crippen LogP contribution is 2.23. The fourth-order valence-corrected chi connectivity index (χ4v) is 3.08. The number of nitrogens with zero attached hydrogens (tertiary/aromatic N) is 5. The summed E-state index contributed by atoms with van der Waals surface area (Å²) in [5, 5.41) is 13.9. The van der Waals surface area contributed by atoms with Crippen LogP contribution in [0, 0.1) is 0 Å². The second-order valence-electron chi connectivity index (χ2n) is 5.37. The number of rotatable bonds is 7. The zero-order valence-corrected chi connectivity index (χ0v) is 16.3. The van der Waals surface area contributed by atoms with E-state index in [0.29, 0.717) is 5.02 Å². The Labute approximate surface area is 172 Å². The number of aromatic nitrogens is 4. The molecule has 13 heteroatoms. The zero-order valence-electron chi connectivity index (χ0n) is 14.0. The molecule has 0 saturated carbocycles. The van der Waals surface area contributed by atoms with Gasteiger partial charge in [0.1, 0.15) is 12.2 Å². The molecule has 0 aliphatic carbocycles.